The molecule has 2 amide bonds. The molecule has 14 heteroatoms. The topological polar surface area (TPSA) is 157 Å². The second kappa shape index (κ2) is 14.8. The van der Waals surface area contributed by atoms with Gasteiger partial charge in [-0.3, -0.25) is 24.5 Å². The lowest BCUT2D eigenvalue weighted by Gasteiger charge is -2.17. The molecule has 4 aromatic rings. The average Bonchev–Trinajstić information content (AvgIpc) is 3.46. The lowest BCUT2D eigenvalue weighted by atomic mass is 9.98. The lowest BCUT2D eigenvalue weighted by Crippen LogP contribution is -2.35. The molecule has 0 radical (unpaired) electrons. The van der Waals surface area contributed by atoms with Gasteiger partial charge in [0.2, 0.25) is 23.6 Å². The number of methoxy groups -OCH3 is 2. The summed E-state index contributed by atoms with van der Waals surface area (Å²) in [5, 5.41) is 7.13. The Kier molecular flexibility index (Phi) is 10.6. The molecule has 2 aromatic carbocycles. The number of nitrogens with two attached hydrogens (primary N) is 1. The molecule has 12 nitrogen and oxygen atoms in total. The molecule has 3 heterocycles. The second-order valence-corrected chi connectivity index (χ2v) is 11.6. The summed E-state index contributed by atoms with van der Waals surface area (Å²) in [6.07, 6.45) is 4.63. The Hall–Kier alpha value is -4.36. The highest BCUT2D eigenvalue weighted by molar-refractivity contribution is 6.39. The van der Waals surface area contributed by atoms with Gasteiger partial charge in [0, 0.05) is 54.4 Å². The van der Waals surface area contributed by atoms with Crippen molar-refractivity contribution in [2.24, 2.45) is 5.73 Å². The summed E-state index contributed by atoms with van der Waals surface area (Å²) >= 11 is 14.0. The number of nitrogens with one attached hydrogen (secondary N) is 2. The van der Waals surface area contributed by atoms with E-state index < -0.39 is 5.91 Å². The van der Waals surface area contributed by atoms with Gasteiger partial charge < -0.3 is 25.8 Å². The van der Waals surface area contributed by atoms with Gasteiger partial charge in [-0.25, -0.2) is 9.97 Å². The van der Waals surface area contributed by atoms with Crippen molar-refractivity contribution in [3.63, 3.8) is 0 Å². The number of carbonyl (C=O) groups is 2. The van der Waals surface area contributed by atoms with Crippen LogP contribution >= 0.6 is 23.2 Å². The van der Waals surface area contributed by atoms with Crippen molar-refractivity contribution in [3.8, 4) is 45.4 Å². The van der Waals surface area contributed by atoms with E-state index in [1.807, 2.05) is 36.4 Å². The second-order valence-electron chi connectivity index (χ2n) is 10.8. The van der Waals surface area contributed by atoms with Crippen molar-refractivity contribution in [3.05, 3.63) is 70.2 Å². The highest BCUT2D eigenvalue weighted by atomic mass is 35.5. The fourth-order valence-electron chi connectivity index (χ4n) is 5.26. The molecule has 46 heavy (non-hydrogen) atoms. The maximum atomic E-state index is 11.5. The first-order chi connectivity index (χ1) is 22.2. The molecule has 1 aliphatic heterocycles. The van der Waals surface area contributed by atoms with Gasteiger partial charge in [0.25, 0.3) is 0 Å². The van der Waals surface area contributed by atoms with Crippen LogP contribution in [-0.4, -0.2) is 77.0 Å². The molecule has 0 bridgehead atoms. The normalized spacial score (nSPS) is 14.4. The van der Waals surface area contributed by atoms with Gasteiger partial charge in [0.05, 0.1) is 54.6 Å². The fourth-order valence-corrected chi connectivity index (χ4v) is 5.91. The van der Waals surface area contributed by atoms with Gasteiger partial charge >= 0.3 is 0 Å². The molecule has 2 aromatic heterocycles. The standard InChI is InChI=1S/C32H34Cl2N8O4/c1-42(17-27(35)43)16-26-32(46-3)41-24(15-38-26)22-9-5-7-20(30(22)34)19-6-4-8-21(29(19)33)23-14-37-25(31(40-23)45-2)13-36-12-18-10-11-28(44)39-18/h4-9,14-15,18,36H,10-13,16-17H2,1-3H3,(H2,35,43)(H,39,44)/t18-/m0/s1. The van der Waals surface area contributed by atoms with Gasteiger partial charge in [0.15, 0.2) is 0 Å². The maximum Gasteiger partial charge on any atom is 0.237 e. The van der Waals surface area contributed by atoms with E-state index >= 15 is 0 Å². The van der Waals surface area contributed by atoms with E-state index in [1.54, 1.807) is 31.5 Å². The zero-order valence-corrected chi connectivity index (χ0v) is 27.2. The zero-order chi connectivity index (χ0) is 32.8. The highest BCUT2D eigenvalue weighted by Crippen LogP contribution is 2.42. The third-order valence-corrected chi connectivity index (χ3v) is 8.28. The van der Waals surface area contributed by atoms with Crippen molar-refractivity contribution < 1.29 is 19.1 Å². The Morgan fingerprint density at radius 3 is 2.02 bits per heavy atom. The number of halogens is 2. The van der Waals surface area contributed by atoms with Crippen LogP contribution in [0.2, 0.25) is 10.0 Å². The number of hydrogen-bond donors (Lipinski definition) is 3. The predicted octanol–water partition coefficient (Wildman–Crippen LogP) is 3.88. The van der Waals surface area contributed by atoms with Gasteiger partial charge in [-0.1, -0.05) is 59.6 Å². The highest BCUT2D eigenvalue weighted by Gasteiger charge is 2.22. The molecular weight excluding hydrogens is 631 g/mol. The number of benzene rings is 2. The molecule has 5 rings (SSSR count). The Bertz CT molecular complexity index is 1760. The van der Waals surface area contributed by atoms with E-state index in [2.05, 4.69) is 25.6 Å². The van der Waals surface area contributed by atoms with Crippen LogP contribution in [0, 0.1) is 0 Å². The van der Waals surface area contributed by atoms with Gasteiger partial charge in [0.1, 0.15) is 11.4 Å². The van der Waals surface area contributed by atoms with E-state index in [0.717, 1.165) is 6.42 Å². The van der Waals surface area contributed by atoms with Crippen molar-refractivity contribution in [1.29, 1.82) is 0 Å². The lowest BCUT2D eigenvalue weighted by molar-refractivity contribution is -0.120. The van der Waals surface area contributed by atoms with Crippen molar-refractivity contribution in [2.45, 2.75) is 32.0 Å². The Labute approximate surface area is 276 Å². The molecule has 1 saturated heterocycles. The number of amides is 2. The van der Waals surface area contributed by atoms with Gasteiger partial charge in [-0.2, -0.15) is 0 Å². The first kappa shape index (κ1) is 33.0. The third kappa shape index (κ3) is 7.53. The summed E-state index contributed by atoms with van der Waals surface area (Å²) in [6.45, 7) is 1.45. The van der Waals surface area contributed by atoms with Gasteiger partial charge in [-0.05, 0) is 13.5 Å². The van der Waals surface area contributed by atoms with Crippen LogP contribution < -0.4 is 25.8 Å². The third-order valence-electron chi connectivity index (χ3n) is 7.46. The number of carbonyl (C=O) groups excluding carboxylic acids is 2. The summed E-state index contributed by atoms with van der Waals surface area (Å²) < 4.78 is 11.1. The number of nitrogens with zero attached hydrogens (tertiary/aromatic N) is 5. The van der Waals surface area contributed by atoms with Crippen LogP contribution in [0.5, 0.6) is 11.8 Å². The molecule has 0 spiro atoms. The van der Waals surface area contributed by atoms with Gasteiger partial charge in [-0.15, -0.1) is 0 Å². The minimum Gasteiger partial charge on any atom is -0.480 e. The van der Waals surface area contributed by atoms with Crippen molar-refractivity contribution in [2.75, 3.05) is 34.4 Å². The summed E-state index contributed by atoms with van der Waals surface area (Å²) in [6, 6.07) is 11.3. The van der Waals surface area contributed by atoms with E-state index in [0.29, 0.717) is 92.9 Å². The molecule has 4 N–H and O–H groups in total. The quantitative estimate of drug-likeness (QED) is 0.192. The minimum absolute atomic E-state index is 0.0718. The Morgan fingerprint density at radius 1 is 0.957 bits per heavy atom. The van der Waals surface area contributed by atoms with Crippen molar-refractivity contribution >= 4 is 35.0 Å². The average molecular weight is 666 g/mol. The van der Waals surface area contributed by atoms with E-state index in [-0.39, 0.29) is 18.5 Å². The van der Waals surface area contributed by atoms with Crippen LogP contribution in [0.15, 0.2) is 48.8 Å². The molecule has 0 aliphatic carbocycles. The maximum absolute atomic E-state index is 11.5. The molecule has 240 valence electrons. The molecular formula is C32H34Cl2N8O4. The first-order valence-corrected chi connectivity index (χ1v) is 15.3. The van der Waals surface area contributed by atoms with Crippen LogP contribution in [0.3, 0.4) is 0 Å². The largest absolute Gasteiger partial charge is 0.480 e. The van der Waals surface area contributed by atoms with Crippen molar-refractivity contribution in [1.82, 2.24) is 35.5 Å². The van der Waals surface area contributed by atoms with Crippen LogP contribution in [-0.2, 0) is 22.7 Å². The SMILES string of the molecule is COc1nc(-c2cccc(-c3cccc(-c4cnc(CN(C)CC(N)=O)c(OC)n4)c3Cl)c2Cl)cnc1CNC[C@@H]1CCC(=O)N1. The van der Waals surface area contributed by atoms with Crippen LogP contribution in [0.25, 0.3) is 33.6 Å². The number of hydrogen-bond acceptors (Lipinski definition) is 10. The first-order valence-electron chi connectivity index (χ1n) is 14.5. The molecule has 1 fully saturated rings. The predicted molar refractivity (Wildman–Crippen MR) is 175 cm³/mol. The fraction of sp³-hybridized carbons (Fsp3) is 0.312. The Morgan fingerprint density at radius 2 is 1.50 bits per heavy atom. The van der Waals surface area contributed by atoms with E-state index in [4.69, 9.17) is 43.4 Å². The molecule has 0 saturated carbocycles. The zero-order valence-electron chi connectivity index (χ0n) is 25.6. The Balaban J connectivity index is 1.40. The molecule has 1 atom stereocenters. The summed E-state index contributed by atoms with van der Waals surface area (Å²) in [5.41, 5.74) is 10.2. The van der Waals surface area contributed by atoms with E-state index in [1.165, 1.54) is 7.11 Å². The molecule has 0 unspecified atom stereocenters. The number of ether oxygens (including phenoxy) is 2. The smallest absolute Gasteiger partial charge is 0.237 e. The monoisotopic (exact) mass is 664 g/mol. The van der Waals surface area contributed by atoms with Crippen LogP contribution in [0.4, 0.5) is 0 Å². The number of aromatic nitrogens is 4. The summed E-state index contributed by atoms with van der Waals surface area (Å²) in [7, 11) is 4.81. The van der Waals surface area contributed by atoms with Crippen LogP contribution in [0.1, 0.15) is 24.2 Å². The number of rotatable bonds is 13. The minimum atomic E-state index is -0.443. The molecule has 1 aliphatic rings. The van der Waals surface area contributed by atoms with E-state index in [9.17, 15) is 9.59 Å². The number of primary amides is 1. The summed E-state index contributed by atoms with van der Waals surface area (Å²) in [4.78, 5) is 43.0. The summed E-state index contributed by atoms with van der Waals surface area (Å²) in [5.74, 6) is 0.318. The number of likely N-dealkylation sites (N-methyl/N-ethyl adjacent to an activating group) is 1.